The Morgan fingerprint density at radius 2 is 2.00 bits per heavy atom. The summed E-state index contributed by atoms with van der Waals surface area (Å²) in [6.07, 6.45) is 1.08. The van der Waals surface area contributed by atoms with Gasteiger partial charge in [0.15, 0.2) is 5.16 Å². The van der Waals surface area contributed by atoms with Crippen molar-refractivity contribution < 1.29 is 4.79 Å². The summed E-state index contributed by atoms with van der Waals surface area (Å²) >= 11 is 1.12. The van der Waals surface area contributed by atoms with Gasteiger partial charge in [-0.2, -0.15) is 5.10 Å². The topological polar surface area (TPSA) is 87.7 Å². The molecular formula is C15H12N4O2S. The van der Waals surface area contributed by atoms with E-state index in [4.69, 9.17) is 0 Å². The van der Waals surface area contributed by atoms with Gasteiger partial charge >= 0.3 is 0 Å². The molecule has 6 nitrogen and oxygen atoms in total. The standard InChI is InChI=1S/C15H12N4O2S/c20-13-8-16-19-15(18-13)22-9-14(21)17-12-6-5-10-3-1-2-4-11(10)7-12/h1-8H,9H2,(H,17,21)(H,18,19,20). The number of anilines is 1. The van der Waals surface area contributed by atoms with Crippen molar-refractivity contribution in [2.75, 3.05) is 11.1 Å². The van der Waals surface area contributed by atoms with E-state index >= 15 is 0 Å². The number of nitrogens with one attached hydrogen (secondary N) is 2. The first kappa shape index (κ1) is 14.3. The molecule has 0 unspecified atom stereocenters. The molecule has 0 aliphatic heterocycles. The van der Waals surface area contributed by atoms with E-state index in [1.165, 1.54) is 0 Å². The van der Waals surface area contributed by atoms with Crippen LogP contribution in [-0.4, -0.2) is 26.8 Å². The molecule has 22 heavy (non-hydrogen) atoms. The van der Waals surface area contributed by atoms with Gasteiger partial charge in [0, 0.05) is 5.69 Å². The van der Waals surface area contributed by atoms with Gasteiger partial charge in [-0.1, -0.05) is 42.1 Å². The molecule has 2 N–H and O–H groups in total. The molecule has 3 aromatic rings. The average molecular weight is 312 g/mol. The minimum Gasteiger partial charge on any atom is -0.325 e. The van der Waals surface area contributed by atoms with Crippen LogP contribution in [0.25, 0.3) is 10.8 Å². The number of aromatic nitrogens is 3. The van der Waals surface area contributed by atoms with Gasteiger partial charge < -0.3 is 5.32 Å². The summed E-state index contributed by atoms with van der Waals surface area (Å²) in [7, 11) is 0. The van der Waals surface area contributed by atoms with Crippen LogP contribution in [0.1, 0.15) is 0 Å². The predicted octanol–water partition coefficient (Wildman–Crippen LogP) is 2.05. The molecular weight excluding hydrogens is 300 g/mol. The molecule has 1 aromatic heterocycles. The molecule has 0 aliphatic carbocycles. The second-order valence-electron chi connectivity index (χ2n) is 4.54. The zero-order chi connectivity index (χ0) is 15.4. The van der Waals surface area contributed by atoms with Crippen molar-refractivity contribution >= 4 is 34.1 Å². The summed E-state index contributed by atoms with van der Waals surface area (Å²) in [4.78, 5) is 25.5. The van der Waals surface area contributed by atoms with E-state index in [0.717, 1.165) is 34.4 Å². The molecule has 110 valence electrons. The number of hydrogen-bond donors (Lipinski definition) is 2. The Labute approximate surface area is 130 Å². The molecule has 0 bridgehead atoms. The summed E-state index contributed by atoms with van der Waals surface area (Å²) < 4.78 is 0. The van der Waals surface area contributed by atoms with Gasteiger partial charge in [0.2, 0.25) is 5.91 Å². The smallest absolute Gasteiger partial charge is 0.270 e. The van der Waals surface area contributed by atoms with Crippen molar-refractivity contribution in [3.05, 3.63) is 59.0 Å². The minimum absolute atomic E-state index is 0.140. The maximum absolute atomic E-state index is 11.9. The molecule has 3 rings (SSSR count). The van der Waals surface area contributed by atoms with E-state index in [2.05, 4.69) is 20.5 Å². The molecule has 0 aliphatic rings. The predicted molar refractivity (Wildman–Crippen MR) is 86.0 cm³/mol. The Hall–Kier alpha value is -2.67. The van der Waals surface area contributed by atoms with Crippen molar-refractivity contribution in [2.24, 2.45) is 0 Å². The van der Waals surface area contributed by atoms with Crippen molar-refractivity contribution in [3.8, 4) is 0 Å². The average Bonchev–Trinajstić information content (AvgIpc) is 2.53. The largest absolute Gasteiger partial charge is 0.325 e. The van der Waals surface area contributed by atoms with Crippen LogP contribution in [0.4, 0.5) is 5.69 Å². The SMILES string of the molecule is O=C(CSc1nncc(=O)[nH]1)Nc1ccc2ccccc2c1. The van der Waals surface area contributed by atoms with Crippen LogP contribution < -0.4 is 10.9 Å². The van der Waals surface area contributed by atoms with Crippen LogP contribution in [0.2, 0.25) is 0 Å². The van der Waals surface area contributed by atoms with Gasteiger partial charge in [0.05, 0.1) is 5.75 Å². The van der Waals surface area contributed by atoms with Crippen LogP contribution >= 0.6 is 11.8 Å². The number of fused-ring (bicyclic) bond motifs is 1. The highest BCUT2D eigenvalue weighted by Crippen LogP contribution is 2.19. The summed E-state index contributed by atoms with van der Waals surface area (Å²) in [6.45, 7) is 0. The summed E-state index contributed by atoms with van der Waals surface area (Å²) in [5.74, 6) is -0.0339. The van der Waals surface area contributed by atoms with Crippen molar-refractivity contribution in [1.82, 2.24) is 15.2 Å². The fourth-order valence-electron chi connectivity index (χ4n) is 1.96. The van der Waals surface area contributed by atoms with E-state index in [0.29, 0.717) is 5.16 Å². The third kappa shape index (κ3) is 3.50. The number of amides is 1. The lowest BCUT2D eigenvalue weighted by molar-refractivity contribution is -0.113. The van der Waals surface area contributed by atoms with Crippen molar-refractivity contribution in [2.45, 2.75) is 5.16 Å². The number of aromatic amines is 1. The van der Waals surface area contributed by atoms with Gasteiger partial charge in [-0.3, -0.25) is 14.6 Å². The number of carbonyl (C=O) groups excluding carboxylic acids is 1. The number of carbonyl (C=O) groups is 1. The van der Waals surface area contributed by atoms with Crippen molar-refractivity contribution in [3.63, 3.8) is 0 Å². The Kier molecular flexibility index (Phi) is 4.15. The molecule has 0 saturated heterocycles. The Bertz CT molecular complexity index is 878. The van der Waals surface area contributed by atoms with Crippen molar-refractivity contribution in [1.29, 1.82) is 0 Å². The fraction of sp³-hybridized carbons (Fsp3) is 0.0667. The summed E-state index contributed by atoms with van der Waals surface area (Å²) in [5.41, 5.74) is 0.393. The molecule has 1 heterocycles. The second kappa shape index (κ2) is 6.40. The van der Waals surface area contributed by atoms with Gasteiger partial charge in [-0.25, -0.2) is 0 Å². The third-order valence-electron chi connectivity index (χ3n) is 2.93. The Balaban J connectivity index is 1.64. The van der Waals surface area contributed by atoms with Crippen LogP contribution in [0.15, 0.2) is 58.6 Å². The molecule has 0 fully saturated rings. The van der Waals surface area contributed by atoms with E-state index in [9.17, 15) is 9.59 Å². The lowest BCUT2D eigenvalue weighted by Gasteiger charge is -2.06. The Morgan fingerprint density at radius 1 is 1.18 bits per heavy atom. The lowest BCUT2D eigenvalue weighted by Crippen LogP contribution is -2.15. The van der Waals surface area contributed by atoms with Crippen LogP contribution in [-0.2, 0) is 4.79 Å². The number of thioether (sulfide) groups is 1. The number of benzene rings is 2. The van der Waals surface area contributed by atoms with Gasteiger partial charge in [-0.05, 0) is 22.9 Å². The molecule has 1 amide bonds. The van der Waals surface area contributed by atoms with E-state index in [1.54, 1.807) is 0 Å². The van der Waals surface area contributed by atoms with E-state index in [-0.39, 0.29) is 17.2 Å². The number of rotatable bonds is 4. The number of hydrogen-bond acceptors (Lipinski definition) is 5. The number of nitrogens with zero attached hydrogens (tertiary/aromatic N) is 2. The molecule has 2 aromatic carbocycles. The number of H-pyrrole nitrogens is 1. The van der Waals surface area contributed by atoms with Crippen LogP contribution in [0, 0.1) is 0 Å². The maximum Gasteiger partial charge on any atom is 0.270 e. The van der Waals surface area contributed by atoms with Gasteiger partial charge in [0.25, 0.3) is 5.56 Å². The molecule has 0 atom stereocenters. The summed E-state index contributed by atoms with van der Waals surface area (Å²) in [6, 6.07) is 13.7. The fourth-order valence-corrected chi connectivity index (χ4v) is 2.58. The molecule has 0 saturated carbocycles. The molecule has 7 heteroatoms. The van der Waals surface area contributed by atoms with E-state index in [1.807, 2.05) is 42.5 Å². The minimum atomic E-state index is -0.340. The lowest BCUT2D eigenvalue weighted by atomic mass is 10.1. The van der Waals surface area contributed by atoms with Crippen LogP contribution in [0.5, 0.6) is 0 Å². The van der Waals surface area contributed by atoms with Gasteiger partial charge in [-0.15, -0.1) is 5.10 Å². The first-order valence-corrected chi connectivity index (χ1v) is 7.53. The normalized spacial score (nSPS) is 10.5. The first-order valence-electron chi connectivity index (χ1n) is 6.54. The zero-order valence-electron chi connectivity index (χ0n) is 11.4. The maximum atomic E-state index is 11.9. The van der Waals surface area contributed by atoms with Gasteiger partial charge in [0.1, 0.15) is 6.20 Å². The molecule has 0 spiro atoms. The third-order valence-corrected chi connectivity index (χ3v) is 3.79. The quantitative estimate of drug-likeness (QED) is 0.720. The monoisotopic (exact) mass is 312 g/mol. The highest BCUT2D eigenvalue weighted by Gasteiger charge is 2.06. The first-order chi connectivity index (χ1) is 10.7. The highest BCUT2D eigenvalue weighted by molar-refractivity contribution is 7.99. The van der Waals surface area contributed by atoms with Crippen LogP contribution in [0.3, 0.4) is 0 Å². The summed E-state index contributed by atoms with van der Waals surface area (Å²) in [5, 5.41) is 12.6. The highest BCUT2D eigenvalue weighted by atomic mass is 32.2. The van der Waals surface area contributed by atoms with E-state index < -0.39 is 0 Å². The Morgan fingerprint density at radius 3 is 2.82 bits per heavy atom. The zero-order valence-corrected chi connectivity index (χ0v) is 12.3. The second-order valence-corrected chi connectivity index (χ2v) is 5.50. The molecule has 0 radical (unpaired) electrons.